The van der Waals surface area contributed by atoms with E-state index in [-0.39, 0.29) is 5.91 Å². The summed E-state index contributed by atoms with van der Waals surface area (Å²) < 4.78 is 0. The highest BCUT2D eigenvalue weighted by atomic mass is 16.1. The molecule has 0 bridgehead atoms. The lowest BCUT2D eigenvalue weighted by Gasteiger charge is -2.11. The van der Waals surface area contributed by atoms with Gasteiger partial charge in [-0.15, -0.1) is 0 Å². The molecule has 3 N–H and O–H groups in total. The summed E-state index contributed by atoms with van der Waals surface area (Å²) in [5.74, 6) is 1.14. The van der Waals surface area contributed by atoms with Crippen LogP contribution in [0.2, 0.25) is 0 Å². The van der Waals surface area contributed by atoms with Crippen LogP contribution >= 0.6 is 0 Å². The molecule has 0 aliphatic heterocycles. The molecule has 1 amide bonds. The Bertz CT molecular complexity index is 896. The van der Waals surface area contributed by atoms with Gasteiger partial charge in [0, 0.05) is 36.6 Å². The number of hydrogen-bond donors (Lipinski definition) is 3. The van der Waals surface area contributed by atoms with E-state index in [9.17, 15) is 4.79 Å². The van der Waals surface area contributed by atoms with Crippen LogP contribution in [0.5, 0.6) is 0 Å². The van der Waals surface area contributed by atoms with Gasteiger partial charge in [-0.3, -0.25) is 4.79 Å². The Morgan fingerprint density at radius 1 is 0.962 bits per heavy atom. The molecule has 0 unspecified atom stereocenters. The van der Waals surface area contributed by atoms with E-state index in [1.54, 1.807) is 0 Å². The molecule has 0 radical (unpaired) electrons. The summed E-state index contributed by atoms with van der Waals surface area (Å²) >= 11 is 0. The molecule has 3 aromatic rings. The Kier molecular flexibility index (Phi) is 5.43. The van der Waals surface area contributed by atoms with E-state index in [0.29, 0.717) is 12.5 Å². The molecule has 2 aromatic carbocycles. The van der Waals surface area contributed by atoms with Crippen molar-refractivity contribution in [2.45, 2.75) is 20.4 Å². The Hall–Kier alpha value is -3.41. The van der Waals surface area contributed by atoms with Crippen molar-refractivity contribution in [1.29, 1.82) is 0 Å². The summed E-state index contributed by atoms with van der Waals surface area (Å²) in [7, 11) is 0. The topological polar surface area (TPSA) is 78.9 Å². The number of aromatic nitrogens is 2. The SMILES string of the molecule is CC(=O)Nc1cccc(Nc2nc(C)cc(NCc3ccccc3)n2)c1. The van der Waals surface area contributed by atoms with Crippen molar-refractivity contribution in [3.05, 3.63) is 71.9 Å². The lowest BCUT2D eigenvalue weighted by Crippen LogP contribution is -2.07. The number of aryl methyl sites for hydroxylation is 1. The molecule has 6 heteroatoms. The summed E-state index contributed by atoms with van der Waals surface area (Å²) in [5, 5.41) is 9.26. The molecule has 26 heavy (non-hydrogen) atoms. The van der Waals surface area contributed by atoms with E-state index in [2.05, 4.69) is 38.1 Å². The molecule has 0 saturated heterocycles. The Balaban J connectivity index is 1.72. The van der Waals surface area contributed by atoms with Crippen LogP contribution in [0.25, 0.3) is 0 Å². The highest BCUT2D eigenvalue weighted by Gasteiger charge is 2.04. The van der Waals surface area contributed by atoms with Crippen molar-refractivity contribution >= 4 is 29.0 Å². The Labute approximate surface area is 152 Å². The lowest BCUT2D eigenvalue weighted by molar-refractivity contribution is -0.114. The Morgan fingerprint density at radius 3 is 2.50 bits per heavy atom. The maximum absolute atomic E-state index is 11.2. The zero-order chi connectivity index (χ0) is 18.4. The van der Waals surface area contributed by atoms with E-state index >= 15 is 0 Å². The van der Waals surface area contributed by atoms with Crippen LogP contribution in [0.4, 0.5) is 23.1 Å². The fourth-order valence-corrected chi connectivity index (χ4v) is 2.51. The van der Waals surface area contributed by atoms with Crippen LogP contribution in [-0.2, 0) is 11.3 Å². The molecule has 0 spiro atoms. The van der Waals surface area contributed by atoms with Gasteiger partial charge in [0.05, 0.1) is 0 Å². The first-order valence-corrected chi connectivity index (χ1v) is 8.37. The zero-order valence-corrected chi connectivity index (χ0v) is 14.8. The number of carbonyl (C=O) groups excluding carboxylic acids is 1. The minimum atomic E-state index is -0.110. The molecule has 3 rings (SSSR count). The van der Waals surface area contributed by atoms with Crippen molar-refractivity contribution < 1.29 is 4.79 Å². The standard InChI is InChI=1S/C20H21N5O/c1-14-11-19(21-13-16-7-4-3-5-8-16)25-20(22-14)24-18-10-6-9-17(12-18)23-15(2)26/h3-12H,13H2,1-2H3,(H,23,26)(H2,21,22,24,25). The molecular formula is C20H21N5O. The van der Waals surface area contributed by atoms with Gasteiger partial charge >= 0.3 is 0 Å². The zero-order valence-electron chi connectivity index (χ0n) is 14.8. The molecule has 0 aliphatic carbocycles. The lowest BCUT2D eigenvalue weighted by atomic mass is 10.2. The number of amides is 1. The number of benzene rings is 2. The molecule has 0 saturated carbocycles. The highest BCUT2D eigenvalue weighted by molar-refractivity contribution is 5.89. The molecule has 1 aromatic heterocycles. The first kappa shape index (κ1) is 17.4. The first-order chi connectivity index (χ1) is 12.6. The van der Waals surface area contributed by atoms with Crippen molar-refractivity contribution in [3.8, 4) is 0 Å². The second-order valence-electron chi connectivity index (χ2n) is 5.94. The van der Waals surface area contributed by atoms with Crippen LogP contribution in [0, 0.1) is 6.92 Å². The summed E-state index contributed by atoms with van der Waals surface area (Å²) in [5.41, 5.74) is 3.56. The fourth-order valence-electron chi connectivity index (χ4n) is 2.51. The summed E-state index contributed by atoms with van der Waals surface area (Å²) in [4.78, 5) is 20.1. The van der Waals surface area contributed by atoms with Gasteiger partial charge in [-0.2, -0.15) is 4.98 Å². The predicted molar refractivity (Wildman–Crippen MR) is 105 cm³/mol. The van der Waals surface area contributed by atoms with Crippen molar-refractivity contribution in [2.24, 2.45) is 0 Å². The first-order valence-electron chi connectivity index (χ1n) is 8.37. The van der Waals surface area contributed by atoms with Gasteiger partial charge < -0.3 is 16.0 Å². The maximum atomic E-state index is 11.2. The fraction of sp³-hybridized carbons (Fsp3) is 0.150. The van der Waals surface area contributed by atoms with Crippen LogP contribution < -0.4 is 16.0 Å². The van der Waals surface area contributed by atoms with Crippen molar-refractivity contribution in [1.82, 2.24) is 9.97 Å². The van der Waals surface area contributed by atoms with Crippen molar-refractivity contribution in [3.63, 3.8) is 0 Å². The van der Waals surface area contributed by atoms with Crippen LogP contribution in [0.1, 0.15) is 18.2 Å². The Morgan fingerprint density at radius 2 is 1.73 bits per heavy atom. The van der Waals surface area contributed by atoms with E-state index in [1.807, 2.05) is 55.5 Å². The number of nitrogens with one attached hydrogen (secondary N) is 3. The molecule has 132 valence electrons. The van der Waals surface area contributed by atoms with Crippen LogP contribution in [0.15, 0.2) is 60.7 Å². The smallest absolute Gasteiger partial charge is 0.229 e. The summed E-state index contributed by atoms with van der Waals surface area (Å²) in [6, 6.07) is 19.5. The number of rotatable bonds is 6. The molecular weight excluding hydrogens is 326 g/mol. The van der Waals surface area contributed by atoms with Gasteiger partial charge in [0.1, 0.15) is 5.82 Å². The molecule has 0 atom stereocenters. The van der Waals surface area contributed by atoms with Crippen LogP contribution in [-0.4, -0.2) is 15.9 Å². The van der Waals surface area contributed by atoms with Gasteiger partial charge in [-0.05, 0) is 30.7 Å². The monoisotopic (exact) mass is 347 g/mol. The molecule has 0 aliphatic rings. The second-order valence-corrected chi connectivity index (χ2v) is 5.94. The molecule has 0 fully saturated rings. The summed E-state index contributed by atoms with van der Waals surface area (Å²) in [6.07, 6.45) is 0. The quantitative estimate of drug-likeness (QED) is 0.626. The minimum Gasteiger partial charge on any atom is -0.366 e. The van der Waals surface area contributed by atoms with Gasteiger partial charge in [-0.25, -0.2) is 4.98 Å². The summed E-state index contributed by atoms with van der Waals surface area (Å²) in [6.45, 7) is 4.09. The van der Waals surface area contributed by atoms with E-state index in [1.165, 1.54) is 12.5 Å². The van der Waals surface area contributed by atoms with Gasteiger partial charge in [-0.1, -0.05) is 36.4 Å². The van der Waals surface area contributed by atoms with E-state index in [0.717, 1.165) is 22.9 Å². The largest absolute Gasteiger partial charge is 0.366 e. The van der Waals surface area contributed by atoms with Gasteiger partial charge in [0.2, 0.25) is 11.9 Å². The van der Waals surface area contributed by atoms with E-state index < -0.39 is 0 Å². The third-order valence-corrected chi connectivity index (χ3v) is 3.61. The number of carbonyl (C=O) groups is 1. The second kappa shape index (κ2) is 8.11. The normalized spacial score (nSPS) is 10.2. The van der Waals surface area contributed by atoms with Crippen molar-refractivity contribution in [2.75, 3.05) is 16.0 Å². The average Bonchev–Trinajstić information content (AvgIpc) is 2.60. The number of hydrogen-bond acceptors (Lipinski definition) is 5. The average molecular weight is 347 g/mol. The molecule has 1 heterocycles. The number of anilines is 4. The van der Waals surface area contributed by atoms with Gasteiger partial charge in [0.15, 0.2) is 0 Å². The minimum absolute atomic E-state index is 0.110. The van der Waals surface area contributed by atoms with Crippen LogP contribution in [0.3, 0.4) is 0 Å². The third-order valence-electron chi connectivity index (χ3n) is 3.61. The number of nitrogens with zero attached hydrogens (tertiary/aromatic N) is 2. The highest BCUT2D eigenvalue weighted by Crippen LogP contribution is 2.19. The third kappa shape index (κ3) is 5.04. The predicted octanol–water partition coefficient (Wildman–Crippen LogP) is 4.10. The maximum Gasteiger partial charge on any atom is 0.229 e. The van der Waals surface area contributed by atoms with E-state index in [4.69, 9.17) is 0 Å². The molecule has 6 nitrogen and oxygen atoms in total. The van der Waals surface area contributed by atoms with Gasteiger partial charge in [0.25, 0.3) is 0 Å².